The third kappa shape index (κ3) is 8.05. The Morgan fingerprint density at radius 1 is 1.04 bits per heavy atom. The topological polar surface area (TPSA) is 42.9 Å². The maximum atomic E-state index is 4.47. The van der Waals surface area contributed by atoms with Gasteiger partial charge in [-0.2, -0.15) is 0 Å². The molecule has 2 fully saturated rings. The Morgan fingerprint density at radius 3 is 2.19 bits per heavy atom. The normalized spacial score (nSPS) is 22.5. The zero-order valence-corrected chi connectivity index (χ0v) is 20.7. The molecule has 1 aliphatic heterocycles. The molecule has 1 unspecified atom stereocenters. The first kappa shape index (κ1) is 25.0. The Bertz CT molecular complexity index is 426. The first-order chi connectivity index (χ1) is 12.5. The van der Waals surface area contributed by atoms with E-state index in [-0.39, 0.29) is 24.0 Å². The quantitative estimate of drug-likeness (QED) is 0.309. The second kappa shape index (κ2) is 12.5. The van der Waals surface area contributed by atoms with E-state index < -0.39 is 0 Å². The summed E-state index contributed by atoms with van der Waals surface area (Å²) in [5.74, 6) is 1.74. The molecule has 27 heavy (non-hydrogen) atoms. The Kier molecular flexibility index (Phi) is 11.5. The van der Waals surface area contributed by atoms with Crippen molar-refractivity contribution in [3.63, 3.8) is 0 Å². The summed E-state index contributed by atoms with van der Waals surface area (Å²) in [5.41, 5.74) is 0.480. The minimum Gasteiger partial charge on any atom is -0.356 e. The second-order valence-corrected chi connectivity index (χ2v) is 8.93. The molecule has 0 aromatic carbocycles. The van der Waals surface area contributed by atoms with Crippen molar-refractivity contribution < 1.29 is 0 Å². The van der Waals surface area contributed by atoms with Crippen LogP contribution < -0.4 is 10.6 Å². The molecule has 0 aromatic heterocycles. The van der Waals surface area contributed by atoms with Crippen molar-refractivity contribution in [1.29, 1.82) is 0 Å². The lowest BCUT2D eigenvalue weighted by molar-refractivity contribution is 0.107. The number of hydrogen-bond donors (Lipinski definition) is 2. The van der Waals surface area contributed by atoms with Gasteiger partial charge in [-0.3, -0.25) is 9.89 Å². The molecule has 2 N–H and O–H groups in total. The van der Waals surface area contributed by atoms with Gasteiger partial charge in [-0.15, -0.1) is 24.0 Å². The molecule has 2 rings (SSSR count). The highest BCUT2D eigenvalue weighted by Crippen LogP contribution is 2.42. The van der Waals surface area contributed by atoms with Gasteiger partial charge in [0.15, 0.2) is 5.96 Å². The molecule has 5 nitrogen and oxygen atoms in total. The number of halogens is 1. The SMILES string of the molecule is CCN1CCN(C(C)CNC(=NC)NCC2(CC(C)C)CCCC2)CC1.I. The summed E-state index contributed by atoms with van der Waals surface area (Å²) in [6.45, 7) is 17.3. The lowest BCUT2D eigenvalue weighted by Crippen LogP contribution is -2.53. The number of aliphatic imine (C=N–C) groups is 1. The minimum atomic E-state index is 0. The fraction of sp³-hybridized carbons (Fsp3) is 0.952. The van der Waals surface area contributed by atoms with Crippen LogP contribution in [0.5, 0.6) is 0 Å². The van der Waals surface area contributed by atoms with Crippen molar-refractivity contribution in [1.82, 2.24) is 20.4 Å². The maximum Gasteiger partial charge on any atom is 0.191 e. The predicted octanol–water partition coefficient (Wildman–Crippen LogP) is 3.40. The Labute approximate surface area is 185 Å². The van der Waals surface area contributed by atoms with Crippen LogP contribution in [-0.2, 0) is 0 Å². The van der Waals surface area contributed by atoms with Crippen LogP contribution in [-0.4, -0.2) is 74.7 Å². The minimum absolute atomic E-state index is 0. The van der Waals surface area contributed by atoms with Gasteiger partial charge in [-0.25, -0.2) is 0 Å². The van der Waals surface area contributed by atoms with Gasteiger partial charge in [-0.05, 0) is 44.1 Å². The van der Waals surface area contributed by atoms with Crippen molar-refractivity contribution in [3.8, 4) is 0 Å². The number of hydrogen-bond acceptors (Lipinski definition) is 3. The monoisotopic (exact) mass is 493 g/mol. The van der Waals surface area contributed by atoms with E-state index in [9.17, 15) is 0 Å². The fourth-order valence-corrected chi connectivity index (χ4v) is 4.83. The second-order valence-electron chi connectivity index (χ2n) is 8.93. The van der Waals surface area contributed by atoms with Crippen molar-refractivity contribution in [2.24, 2.45) is 16.3 Å². The number of rotatable bonds is 8. The highest BCUT2D eigenvalue weighted by molar-refractivity contribution is 14.0. The molecule has 0 spiro atoms. The molecular formula is C21H44IN5. The summed E-state index contributed by atoms with van der Waals surface area (Å²) in [7, 11) is 1.89. The van der Waals surface area contributed by atoms with Crippen LogP contribution in [0.3, 0.4) is 0 Å². The first-order valence-corrected chi connectivity index (χ1v) is 10.9. The van der Waals surface area contributed by atoms with E-state index in [1.165, 1.54) is 64.8 Å². The third-order valence-electron chi connectivity index (χ3n) is 6.40. The Balaban J connectivity index is 0.00000364. The van der Waals surface area contributed by atoms with E-state index in [1.807, 2.05) is 7.05 Å². The summed E-state index contributed by atoms with van der Waals surface area (Å²) in [6, 6.07) is 0.545. The fourth-order valence-electron chi connectivity index (χ4n) is 4.83. The number of likely N-dealkylation sites (N-methyl/N-ethyl adjacent to an activating group) is 1. The molecule has 0 amide bonds. The summed E-state index contributed by atoms with van der Waals surface area (Å²) < 4.78 is 0. The molecule has 0 bridgehead atoms. The summed E-state index contributed by atoms with van der Waals surface area (Å²) >= 11 is 0. The summed E-state index contributed by atoms with van der Waals surface area (Å²) in [6.07, 6.45) is 6.85. The van der Waals surface area contributed by atoms with E-state index in [0.717, 1.165) is 25.0 Å². The molecule has 1 aliphatic carbocycles. The van der Waals surface area contributed by atoms with Gasteiger partial charge in [0, 0.05) is 52.4 Å². The van der Waals surface area contributed by atoms with E-state index in [0.29, 0.717) is 11.5 Å². The lowest BCUT2D eigenvalue weighted by Gasteiger charge is -2.38. The van der Waals surface area contributed by atoms with Crippen LogP contribution in [0.1, 0.15) is 59.8 Å². The standard InChI is InChI=1S/C21H43N5.HI/c1-6-25-11-13-26(14-12-25)19(4)16-23-20(22-5)24-17-21(15-18(2)3)9-7-8-10-21;/h18-19H,6-17H2,1-5H3,(H2,22,23,24);1H. The summed E-state index contributed by atoms with van der Waals surface area (Å²) in [5, 5.41) is 7.21. The van der Waals surface area contributed by atoms with Crippen LogP contribution in [0.4, 0.5) is 0 Å². The number of nitrogens with zero attached hydrogens (tertiary/aromatic N) is 3. The zero-order valence-electron chi connectivity index (χ0n) is 18.4. The average Bonchev–Trinajstić information content (AvgIpc) is 3.09. The zero-order chi connectivity index (χ0) is 19.0. The first-order valence-electron chi connectivity index (χ1n) is 10.9. The van der Waals surface area contributed by atoms with Crippen molar-refractivity contribution in [2.45, 2.75) is 65.8 Å². The molecule has 1 saturated heterocycles. The highest BCUT2D eigenvalue weighted by Gasteiger charge is 2.34. The smallest absolute Gasteiger partial charge is 0.191 e. The van der Waals surface area contributed by atoms with Crippen LogP contribution in [0.15, 0.2) is 4.99 Å². The van der Waals surface area contributed by atoms with Gasteiger partial charge in [-0.1, -0.05) is 33.6 Å². The van der Waals surface area contributed by atoms with Crippen molar-refractivity contribution in [3.05, 3.63) is 0 Å². The predicted molar refractivity (Wildman–Crippen MR) is 128 cm³/mol. The van der Waals surface area contributed by atoms with E-state index in [4.69, 9.17) is 0 Å². The number of nitrogens with one attached hydrogen (secondary N) is 2. The van der Waals surface area contributed by atoms with Gasteiger partial charge in [0.2, 0.25) is 0 Å². The van der Waals surface area contributed by atoms with Gasteiger partial charge < -0.3 is 15.5 Å². The molecule has 1 saturated carbocycles. The van der Waals surface area contributed by atoms with Gasteiger partial charge in [0.1, 0.15) is 0 Å². The van der Waals surface area contributed by atoms with Gasteiger partial charge in [0.25, 0.3) is 0 Å². The third-order valence-corrected chi connectivity index (χ3v) is 6.40. The molecule has 6 heteroatoms. The molecule has 0 radical (unpaired) electrons. The largest absolute Gasteiger partial charge is 0.356 e. The molecule has 0 aromatic rings. The van der Waals surface area contributed by atoms with Crippen LogP contribution in [0, 0.1) is 11.3 Å². The maximum absolute atomic E-state index is 4.47. The molecule has 160 valence electrons. The summed E-state index contributed by atoms with van der Waals surface area (Å²) in [4.78, 5) is 9.60. The van der Waals surface area contributed by atoms with Crippen LogP contribution >= 0.6 is 24.0 Å². The van der Waals surface area contributed by atoms with E-state index in [1.54, 1.807) is 0 Å². The van der Waals surface area contributed by atoms with Crippen LogP contribution in [0.2, 0.25) is 0 Å². The van der Waals surface area contributed by atoms with Gasteiger partial charge >= 0.3 is 0 Å². The van der Waals surface area contributed by atoms with Crippen molar-refractivity contribution >= 4 is 29.9 Å². The number of guanidine groups is 1. The van der Waals surface area contributed by atoms with E-state index in [2.05, 4.69) is 53.1 Å². The van der Waals surface area contributed by atoms with Gasteiger partial charge in [0.05, 0.1) is 0 Å². The molecule has 2 aliphatic rings. The Hall–Kier alpha value is -0.0800. The number of piperazine rings is 1. The molecular weight excluding hydrogens is 449 g/mol. The van der Waals surface area contributed by atoms with Crippen molar-refractivity contribution in [2.75, 3.05) is 52.9 Å². The van der Waals surface area contributed by atoms with Crippen LogP contribution in [0.25, 0.3) is 0 Å². The highest BCUT2D eigenvalue weighted by atomic mass is 127. The molecule has 1 heterocycles. The molecule has 1 atom stereocenters. The van der Waals surface area contributed by atoms with E-state index >= 15 is 0 Å². The Morgan fingerprint density at radius 2 is 1.67 bits per heavy atom. The lowest BCUT2D eigenvalue weighted by atomic mass is 9.78. The average molecular weight is 494 g/mol.